The summed E-state index contributed by atoms with van der Waals surface area (Å²) in [5.74, 6) is -0.952. The third kappa shape index (κ3) is 11.6. The zero-order chi connectivity index (χ0) is 34.9. The smallest absolute Gasteiger partial charge is 0.407 e. The van der Waals surface area contributed by atoms with Crippen LogP contribution in [0.3, 0.4) is 0 Å². The van der Waals surface area contributed by atoms with Crippen LogP contribution < -0.4 is 10.6 Å². The van der Waals surface area contributed by atoms with Crippen LogP contribution in [0.4, 0.5) is 15.0 Å². The van der Waals surface area contributed by atoms with Crippen LogP contribution in [0.5, 0.6) is 0 Å². The topological polar surface area (TPSA) is 115 Å². The number of benzene rings is 1. The number of nitrogens with one attached hydrogen (secondary N) is 2. The zero-order valence-corrected chi connectivity index (χ0v) is 29.6. The fraction of sp³-hybridized carbons (Fsp3) is 0.595. The van der Waals surface area contributed by atoms with Crippen LogP contribution >= 0.6 is 0 Å². The maximum absolute atomic E-state index is 13.4. The maximum Gasteiger partial charge on any atom is 0.407 e. The number of alkyl carbamates (subject to hydrolysis) is 1. The van der Waals surface area contributed by atoms with E-state index < -0.39 is 35.6 Å². The van der Waals surface area contributed by atoms with Gasteiger partial charge in [0.25, 0.3) is 0 Å². The van der Waals surface area contributed by atoms with Crippen molar-refractivity contribution in [3.8, 4) is 0 Å². The van der Waals surface area contributed by atoms with E-state index in [1.165, 1.54) is 34.2 Å². The van der Waals surface area contributed by atoms with Crippen LogP contribution in [0.25, 0.3) is 10.9 Å². The minimum atomic E-state index is -1.04. The molecular formula is C37H55FN4O5. The number of anilines is 1. The number of methoxy groups -OCH3 is 1. The monoisotopic (exact) mass is 654 g/mol. The Morgan fingerprint density at radius 1 is 1.06 bits per heavy atom. The standard InChI is InChI=1S/C37H55FN4O5/c1-23(2)27(17-25-12-14-32-30(18-25)26(22-42(32)8)11-10-16-46-9)19-31(40-36(45)47-37(5,6)7)33(43)20-29(24(3)4)35(44)41-34-15-13-28(38)21-39-34/h12-15,18,21-24,27,29,31,33,43H,10-11,16-17,19-20H2,1-9H3,(H,40,45)(H,39,41,44). The highest BCUT2D eigenvalue weighted by atomic mass is 19.1. The maximum atomic E-state index is 13.4. The molecule has 3 rings (SSSR count). The summed E-state index contributed by atoms with van der Waals surface area (Å²) in [7, 11) is 3.78. The number of hydrogen-bond donors (Lipinski definition) is 3. The number of halogens is 1. The van der Waals surface area contributed by atoms with Gasteiger partial charge in [0.2, 0.25) is 5.91 Å². The number of pyridine rings is 1. The first-order valence-electron chi connectivity index (χ1n) is 16.7. The molecule has 2 heterocycles. The van der Waals surface area contributed by atoms with E-state index in [1.807, 2.05) is 13.8 Å². The van der Waals surface area contributed by atoms with Gasteiger partial charge in [-0.05, 0) is 106 Å². The van der Waals surface area contributed by atoms with Gasteiger partial charge in [-0.3, -0.25) is 4.79 Å². The van der Waals surface area contributed by atoms with E-state index >= 15 is 0 Å². The molecular weight excluding hydrogens is 599 g/mol. The first-order chi connectivity index (χ1) is 22.1. The van der Waals surface area contributed by atoms with E-state index in [2.05, 4.69) is 65.5 Å². The molecule has 4 unspecified atom stereocenters. The highest BCUT2D eigenvalue weighted by Gasteiger charge is 2.33. The Bertz CT molecular complexity index is 1450. The fourth-order valence-electron chi connectivity index (χ4n) is 6.02. The van der Waals surface area contributed by atoms with Crippen molar-refractivity contribution in [2.24, 2.45) is 30.7 Å². The van der Waals surface area contributed by atoms with Crippen molar-refractivity contribution < 1.29 is 28.6 Å². The Morgan fingerprint density at radius 2 is 1.79 bits per heavy atom. The molecule has 2 amide bonds. The molecule has 47 heavy (non-hydrogen) atoms. The lowest BCUT2D eigenvalue weighted by Gasteiger charge is -2.33. The van der Waals surface area contributed by atoms with Crippen LogP contribution in [0.15, 0.2) is 42.7 Å². The van der Waals surface area contributed by atoms with Crippen LogP contribution in [-0.2, 0) is 34.2 Å². The van der Waals surface area contributed by atoms with Gasteiger partial charge >= 0.3 is 6.09 Å². The normalized spacial score (nSPS) is 14.7. The second-order valence-electron chi connectivity index (χ2n) is 14.4. The zero-order valence-electron chi connectivity index (χ0n) is 29.6. The second kappa shape index (κ2) is 17.1. The molecule has 0 fully saturated rings. The van der Waals surface area contributed by atoms with Gasteiger partial charge in [-0.15, -0.1) is 0 Å². The van der Waals surface area contributed by atoms with Gasteiger partial charge in [0.15, 0.2) is 0 Å². The van der Waals surface area contributed by atoms with Crippen molar-refractivity contribution in [2.75, 3.05) is 19.0 Å². The molecule has 0 aliphatic heterocycles. The van der Waals surface area contributed by atoms with Gasteiger partial charge in [0.05, 0.1) is 18.3 Å². The lowest BCUT2D eigenvalue weighted by Crippen LogP contribution is -2.48. The van der Waals surface area contributed by atoms with Crippen LogP contribution in [-0.4, -0.2) is 58.1 Å². The highest BCUT2D eigenvalue weighted by molar-refractivity contribution is 5.91. The number of hydrogen-bond acceptors (Lipinski definition) is 6. The number of carbonyl (C=O) groups is 2. The molecule has 0 aliphatic rings. The van der Waals surface area contributed by atoms with Gasteiger partial charge < -0.3 is 29.8 Å². The van der Waals surface area contributed by atoms with Gasteiger partial charge in [0.1, 0.15) is 17.2 Å². The Balaban J connectivity index is 1.85. The Hall–Kier alpha value is -3.50. The molecule has 260 valence electrons. The molecule has 0 saturated heterocycles. The van der Waals surface area contributed by atoms with E-state index in [4.69, 9.17) is 9.47 Å². The third-order valence-electron chi connectivity index (χ3n) is 8.71. The average Bonchev–Trinajstić information content (AvgIpc) is 3.29. The van der Waals surface area contributed by atoms with E-state index in [-0.39, 0.29) is 35.9 Å². The van der Waals surface area contributed by atoms with Crippen molar-refractivity contribution in [3.63, 3.8) is 0 Å². The number of aryl methyl sites for hydroxylation is 2. The lowest BCUT2D eigenvalue weighted by atomic mass is 9.80. The average molecular weight is 655 g/mol. The quantitative estimate of drug-likeness (QED) is 0.143. The number of fused-ring (bicyclic) bond motifs is 1. The number of ether oxygens (including phenoxy) is 2. The largest absolute Gasteiger partial charge is 0.444 e. The molecule has 2 aromatic heterocycles. The molecule has 0 radical (unpaired) electrons. The summed E-state index contributed by atoms with van der Waals surface area (Å²) in [6.07, 6.45) is 4.80. The first kappa shape index (κ1) is 38.0. The van der Waals surface area contributed by atoms with Crippen molar-refractivity contribution in [1.29, 1.82) is 0 Å². The second-order valence-corrected chi connectivity index (χ2v) is 14.4. The molecule has 3 aromatic rings. The Kier molecular flexibility index (Phi) is 13.8. The van der Waals surface area contributed by atoms with Gasteiger partial charge in [-0.25, -0.2) is 14.2 Å². The van der Waals surface area contributed by atoms with Crippen LogP contribution in [0, 0.1) is 29.5 Å². The summed E-state index contributed by atoms with van der Waals surface area (Å²) in [6.45, 7) is 14.2. The molecule has 0 bridgehead atoms. The number of carbonyl (C=O) groups excluding carboxylic acids is 2. The lowest BCUT2D eigenvalue weighted by molar-refractivity contribution is -0.122. The Morgan fingerprint density at radius 3 is 2.38 bits per heavy atom. The van der Waals surface area contributed by atoms with Gasteiger partial charge in [-0.1, -0.05) is 33.8 Å². The number of aromatic nitrogens is 2. The summed E-state index contributed by atoms with van der Waals surface area (Å²) in [4.78, 5) is 30.3. The van der Waals surface area contributed by atoms with Crippen molar-refractivity contribution in [1.82, 2.24) is 14.9 Å². The number of aliphatic hydroxyl groups is 1. The van der Waals surface area contributed by atoms with Crippen molar-refractivity contribution >= 4 is 28.7 Å². The molecule has 0 spiro atoms. The predicted molar refractivity (Wildman–Crippen MR) is 185 cm³/mol. The van der Waals surface area contributed by atoms with Crippen molar-refractivity contribution in [3.05, 3.63) is 59.7 Å². The summed E-state index contributed by atoms with van der Waals surface area (Å²) in [6, 6.07) is 8.55. The van der Waals surface area contributed by atoms with Gasteiger partial charge in [0, 0.05) is 43.8 Å². The molecule has 1 aromatic carbocycles. The van der Waals surface area contributed by atoms with Crippen LogP contribution in [0.2, 0.25) is 0 Å². The number of rotatable bonds is 16. The predicted octanol–water partition coefficient (Wildman–Crippen LogP) is 7.05. The summed E-state index contributed by atoms with van der Waals surface area (Å²) in [5, 5.41) is 18.6. The SMILES string of the molecule is COCCCc1cn(C)c2ccc(CC(CC(NC(=O)OC(C)(C)C)C(O)CC(C(=O)Nc3ccc(F)cn3)C(C)C)C(C)C)cc12. The summed E-state index contributed by atoms with van der Waals surface area (Å²) in [5.41, 5.74) is 2.94. The minimum Gasteiger partial charge on any atom is -0.444 e. The van der Waals surface area contributed by atoms with E-state index in [9.17, 15) is 19.1 Å². The highest BCUT2D eigenvalue weighted by Crippen LogP contribution is 2.30. The minimum absolute atomic E-state index is 0.108. The van der Waals surface area contributed by atoms with Gasteiger partial charge in [-0.2, -0.15) is 0 Å². The molecule has 3 N–H and O–H groups in total. The molecule has 9 nitrogen and oxygen atoms in total. The summed E-state index contributed by atoms with van der Waals surface area (Å²) >= 11 is 0. The molecule has 10 heteroatoms. The molecule has 0 aliphatic carbocycles. The molecule has 4 atom stereocenters. The number of nitrogens with zero attached hydrogens (tertiary/aromatic N) is 2. The van der Waals surface area contributed by atoms with E-state index in [0.717, 1.165) is 25.5 Å². The Labute approximate surface area is 279 Å². The van der Waals surface area contributed by atoms with E-state index in [0.29, 0.717) is 13.0 Å². The third-order valence-corrected chi connectivity index (χ3v) is 8.71. The first-order valence-corrected chi connectivity index (χ1v) is 16.7. The van der Waals surface area contributed by atoms with Crippen molar-refractivity contribution in [2.45, 2.75) is 98.3 Å². The number of aliphatic hydroxyl groups excluding tert-OH is 1. The fourth-order valence-corrected chi connectivity index (χ4v) is 6.02. The van der Waals surface area contributed by atoms with Crippen LogP contribution in [0.1, 0.15) is 78.9 Å². The molecule has 0 saturated carbocycles. The number of amides is 2. The summed E-state index contributed by atoms with van der Waals surface area (Å²) < 4.78 is 26.4. The van der Waals surface area contributed by atoms with E-state index in [1.54, 1.807) is 27.9 Å².